The summed E-state index contributed by atoms with van der Waals surface area (Å²) in [6, 6.07) is 12.5. The topological polar surface area (TPSA) is 68.1 Å². The summed E-state index contributed by atoms with van der Waals surface area (Å²) in [7, 11) is 0. The van der Waals surface area contributed by atoms with Gasteiger partial charge in [0.2, 0.25) is 0 Å². The molecule has 1 aromatic heterocycles. The Kier molecular flexibility index (Phi) is 3.89. The Morgan fingerprint density at radius 1 is 1.18 bits per heavy atom. The number of halogens is 1. The second-order valence-corrected chi connectivity index (χ2v) is 5.23. The van der Waals surface area contributed by atoms with Gasteiger partial charge in [0.25, 0.3) is 5.69 Å². The van der Waals surface area contributed by atoms with Crippen molar-refractivity contribution in [3.05, 3.63) is 75.6 Å². The summed E-state index contributed by atoms with van der Waals surface area (Å²) in [4.78, 5) is 14.7. The third-order valence-electron chi connectivity index (χ3n) is 3.36. The maximum atomic E-state index is 11.1. The van der Waals surface area contributed by atoms with Crippen LogP contribution in [0.2, 0.25) is 5.02 Å². The summed E-state index contributed by atoms with van der Waals surface area (Å²) >= 11 is 5.97. The number of nitrogens with zero attached hydrogens (tertiary/aromatic N) is 2. The molecule has 0 saturated heterocycles. The van der Waals surface area contributed by atoms with Crippen LogP contribution in [0.25, 0.3) is 10.8 Å². The van der Waals surface area contributed by atoms with E-state index in [1.165, 1.54) is 12.3 Å². The first-order valence-corrected chi connectivity index (χ1v) is 7.02. The van der Waals surface area contributed by atoms with Crippen LogP contribution in [-0.2, 0) is 6.54 Å². The number of anilines is 1. The number of benzene rings is 2. The number of nitro groups is 1. The van der Waals surface area contributed by atoms with Gasteiger partial charge in [0.1, 0.15) is 0 Å². The van der Waals surface area contributed by atoms with Gasteiger partial charge in [-0.25, -0.2) is 0 Å². The van der Waals surface area contributed by atoms with Crippen molar-refractivity contribution in [2.45, 2.75) is 6.54 Å². The summed E-state index contributed by atoms with van der Waals surface area (Å²) in [6.45, 7) is 0.579. The Morgan fingerprint density at radius 2 is 2.05 bits per heavy atom. The molecule has 0 amide bonds. The number of nitro benzene ring substituents is 1. The van der Waals surface area contributed by atoms with Crippen LogP contribution in [0.1, 0.15) is 5.56 Å². The van der Waals surface area contributed by atoms with Crippen LogP contribution >= 0.6 is 11.6 Å². The van der Waals surface area contributed by atoms with Crippen LogP contribution in [0.4, 0.5) is 11.4 Å². The Hall–Kier alpha value is -2.66. The molecule has 0 aliphatic carbocycles. The molecule has 110 valence electrons. The van der Waals surface area contributed by atoms with E-state index in [0.717, 1.165) is 16.6 Å². The minimum Gasteiger partial charge on any atom is -0.380 e. The first-order valence-electron chi connectivity index (χ1n) is 6.64. The lowest BCUT2D eigenvalue weighted by atomic mass is 10.1. The summed E-state index contributed by atoms with van der Waals surface area (Å²) in [5.74, 6) is 0. The quantitative estimate of drug-likeness (QED) is 0.572. The molecule has 0 bridgehead atoms. The normalized spacial score (nSPS) is 10.6. The Bertz CT molecular complexity index is 852. The SMILES string of the molecule is O=[N+]([O-])c1ccc(NCc2cccc(Cl)c2)c2ccncc12. The zero-order valence-corrected chi connectivity index (χ0v) is 12.2. The maximum absolute atomic E-state index is 11.1. The van der Waals surface area contributed by atoms with Crippen molar-refractivity contribution in [3.63, 3.8) is 0 Å². The van der Waals surface area contributed by atoms with Crippen molar-refractivity contribution in [2.75, 3.05) is 5.32 Å². The molecule has 1 N–H and O–H groups in total. The molecule has 1 heterocycles. The van der Waals surface area contributed by atoms with E-state index in [1.54, 1.807) is 18.3 Å². The van der Waals surface area contributed by atoms with Crippen molar-refractivity contribution in [1.82, 2.24) is 4.98 Å². The standard InChI is InChI=1S/C16H12ClN3O2/c17-12-3-1-2-11(8-12)9-19-15-4-5-16(20(21)22)14-10-18-7-6-13(14)15/h1-8,10,19H,9H2. The molecule has 0 aliphatic heterocycles. The highest BCUT2D eigenvalue weighted by Gasteiger charge is 2.14. The van der Waals surface area contributed by atoms with Crippen LogP contribution in [0.3, 0.4) is 0 Å². The predicted molar refractivity (Wildman–Crippen MR) is 87.2 cm³/mol. The summed E-state index contributed by atoms with van der Waals surface area (Å²) in [5, 5.41) is 16.3. The molecular formula is C16H12ClN3O2. The Balaban J connectivity index is 1.95. The van der Waals surface area contributed by atoms with E-state index in [-0.39, 0.29) is 5.69 Å². The first kappa shape index (κ1) is 14.3. The van der Waals surface area contributed by atoms with Crippen LogP contribution < -0.4 is 5.32 Å². The second kappa shape index (κ2) is 5.99. The lowest BCUT2D eigenvalue weighted by molar-refractivity contribution is -0.383. The predicted octanol–water partition coefficient (Wildman–Crippen LogP) is 4.41. The molecule has 0 spiro atoms. The van der Waals surface area contributed by atoms with Gasteiger partial charge in [-0.3, -0.25) is 15.1 Å². The Labute approximate surface area is 131 Å². The van der Waals surface area contributed by atoms with Crippen LogP contribution in [0, 0.1) is 10.1 Å². The molecule has 22 heavy (non-hydrogen) atoms. The number of rotatable bonds is 4. The van der Waals surface area contributed by atoms with Gasteiger partial charge in [0, 0.05) is 41.1 Å². The Morgan fingerprint density at radius 3 is 2.82 bits per heavy atom. The van der Waals surface area contributed by atoms with Crippen molar-refractivity contribution < 1.29 is 4.92 Å². The average molecular weight is 314 g/mol. The van der Waals surface area contributed by atoms with Gasteiger partial charge in [-0.2, -0.15) is 0 Å². The molecule has 6 heteroatoms. The number of nitrogens with one attached hydrogen (secondary N) is 1. The fourth-order valence-corrected chi connectivity index (χ4v) is 2.55. The molecular weight excluding hydrogens is 302 g/mol. The smallest absolute Gasteiger partial charge is 0.278 e. The van der Waals surface area contributed by atoms with Gasteiger partial charge >= 0.3 is 0 Å². The van der Waals surface area contributed by atoms with Crippen molar-refractivity contribution >= 4 is 33.7 Å². The van der Waals surface area contributed by atoms with E-state index in [0.29, 0.717) is 17.0 Å². The lowest BCUT2D eigenvalue weighted by Gasteiger charge is -2.10. The number of pyridine rings is 1. The number of non-ortho nitro benzene ring substituents is 1. The molecule has 0 fully saturated rings. The number of fused-ring (bicyclic) bond motifs is 1. The van der Waals surface area contributed by atoms with Crippen LogP contribution in [0.15, 0.2) is 54.9 Å². The molecule has 0 radical (unpaired) electrons. The fourth-order valence-electron chi connectivity index (χ4n) is 2.33. The zero-order chi connectivity index (χ0) is 15.5. The summed E-state index contributed by atoms with van der Waals surface area (Å²) < 4.78 is 0. The minimum atomic E-state index is -0.398. The molecule has 5 nitrogen and oxygen atoms in total. The highest BCUT2D eigenvalue weighted by atomic mass is 35.5. The van der Waals surface area contributed by atoms with E-state index in [1.807, 2.05) is 24.3 Å². The van der Waals surface area contributed by atoms with Gasteiger partial charge in [-0.1, -0.05) is 23.7 Å². The van der Waals surface area contributed by atoms with E-state index >= 15 is 0 Å². The van der Waals surface area contributed by atoms with Gasteiger partial charge in [-0.15, -0.1) is 0 Å². The lowest BCUT2D eigenvalue weighted by Crippen LogP contribution is -2.01. The summed E-state index contributed by atoms with van der Waals surface area (Å²) in [6.07, 6.45) is 3.13. The van der Waals surface area contributed by atoms with Gasteiger partial charge in [-0.05, 0) is 29.8 Å². The van der Waals surface area contributed by atoms with Crippen molar-refractivity contribution in [1.29, 1.82) is 0 Å². The third kappa shape index (κ3) is 2.84. The highest BCUT2D eigenvalue weighted by Crippen LogP contribution is 2.30. The van der Waals surface area contributed by atoms with E-state index in [4.69, 9.17) is 11.6 Å². The van der Waals surface area contributed by atoms with E-state index in [9.17, 15) is 10.1 Å². The highest BCUT2D eigenvalue weighted by molar-refractivity contribution is 6.30. The molecule has 0 unspecified atom stereocenters. The molecule has 0 saturated carbocycles. The monoisotopic (exact) mass is 313 g/mol. The number of hydrogen-bond acceptors (Lipinski definition) is 4. The van der Waals surface area contributed by atoms with Gasteiger partial charge in [0.15, 0.2) is 0 Å². The largest absolute Gasteiger partial charge is 0.380 e. The first-order chi connectivity index (χ1) is 10.6. The third-order valence-corrected chi connectivity index (χ3v) is 3.60. The molecule has 0 atom stereocenters. The second-order valence-electron chi connectivity index (χ2n) is 4.79. The van der Waals surface area contributed by atoms with Gasteiger partial charge in [0.05, 0.1) is 10.3 Å². The molecule has 3 rings (SSSR count). The maximum Gasteiger partial charge on any atom is 0.278 e. The van der Waals surface area contributed by atoms with Gasteiger partial charge < -0.3 is 5.32 Å². The van der Waals surface area contributed by atoms with Crippen LogP contribution in [-0.4, -0.2) is 9.91 Å². The number of aromatic nitrogens is 1. The van der Waals surface area contributed by atoms with Crippen molar-refractivity contribution in [2.24, 2.45) is 0 Å². The number of hydrogen-bond donors (Lipinski definition) is 1. The molecule has 2 aromatic carbocycles. The zero-order valence-electron chi connectivity index (χ0n) is 11.5. The van der Waals surface area contributed by atoms with E-state index < -0.39 is 4.92 Å². The molecule has 0 aliphatic rings. The van der Waals surface area contributed by atoms with Crippen molar-refractivity contribution in [3.8, 4) is 0 Å². The van der Waals surface area contributed by atoms with Crippen LogP contribution in [0.5, 0.6) is 0 Å². The minimum absolute atomic E-state index is 0.0522. The molecule has 3 aromatic rings. The fraction of sp³-hybridized carbons (Fsp3) is 0.0625. The van der Waals surface area contributed by atoms with E-state index in [2.05, 4.69) is 10.3 Å². The summed E-state index contributed by atoms with van der Waals surface area (Å²) in [5.41, 5.74) is 1.91. The average Bonchev–Trinajstić information content (AvgIpc) is 2.52.